The van der Waals surface area contributed by atoms with Gasteiger partial charge in [0.1, 0.15) is 18.0 Å². The highest BCUT2D eigenvalue weighted by atomic mass is 16.1. The van der Waals surface area contributed by atoms with Crippen LogP contribution in [-0.2, 0) is 0 Å². The first-order valence-corrected chi connectivity index (χ1v) is 9.50. The number of aryl methyl sites for hydroxylation is 1. The summed E-state index contributed by atoms with van der Waals surface area (Å²) in [5, 5.41) is 14.8. The minimum absolute atomic E-state index is 0.215. The summed E-state index contributed by atoms with van der Waals surface area (Å²) >= 11 is 0. The van der Waals surface area contributed by atoms with Gasteiger partial charge in [0.2, 0.25) is 0 Å². The highest BCUT2D eigenvalue weighted by molar-refractivity contribution is 6.16. The summed E-state index contributed by atoms with van der Waals surface area (Å²) in [6.45, 7) is 6.16. The van der Waals surface area contributed by atoms with Gasteiger partial charge in [0.25, 0.3) is 5.91 Å². The maximum absolute atomic E-state index is 12.3. The lowest BCUT2D eigenvalue weighted by molar-refractivity contribution is 0.0947. The first kappa shape index (κ1) is 20.9. The number of carbonyl (C=O) groups is 1. The molecule has 3 aromatic rings. The van der Waals surface area contributed by atoms with Gasteiger partial charge in [-0.2, -0.15) is 0 Å². The first-order valence-electron chi connectivity index (χ1n) is 9.50. The highest BCUT2D eigenvalue weighted by Crippen LogP contribution is 2.24. The van der Waals surface area contributed by atoms with Gasteiger partial charge in [-0.15, -0.1) is 0 Å². The molecule has 0 aliphatic rings. The SMILES string of the molecule is Cc1ccc(C(=N)c2c(N)ncnc2NC(C)(C)CNC(=O)c2cccnc2)cc1. The van der Waals surface area contributed by atoms with Gasteiger partial charge in [-0.1, -0.05) is 29.8 Å². The third-order valence-corrected chi connectivity index (χ3v) is 4.54. The van der Waals surface area contributed by atoms with Gasteiger partial charge in [0.05, 0.1) is 22.4 Å². The van der Waals surface area contributed by atoms with Crippen molar-refractivity contribution < 1.29 is 4.79 Å². The molecule has 0 aliphatic carbocycles. The highest BCUT2D eigenvalue weighted by Gasteiger charge is 2.24. The fourth-order valence-electron chi connectivity index (χ4n) is 2.87. The van der Waals surface area contributed by atoms with Crippen LogP contribution in [0.25, 0.3) is 0 Å². The number of nitrogens with two attached hydrogens (primary N) is 1. The summed E-state index contributed by atoms with van der Waals surface area (Å²) < 4.78 is 0. The van der Waals surface area contributed by atoms with Crippen LogP contribution in [0.3, 0.4) is 0 Å². The quantitative estimate of drug-likeness (QED) is 0.449. The number of nitrogens with zero attached hydrogens (tertiary/aromatic N) is 3. The average Bonchev–Trinajstić information content (AvgIpc) is 2.73. The Kier molecular flexibility index (Phi) is 6.06. The molecule has 8 heteroatoms. The van der Waals surface area contributed by atoms with Crippen molar-refractivity contribution in [1.82, 2.24) is 20.3 Å². The largest absolute Gasteiger partial charge is 0.383 e. The Balaban J connectivity index is 1.78. The van der Waals surface area contributed by atoms with Crippen LogP contribution in [0.2, 0.25) is 0 Å². The zero-order valence-corrected chi connectivity index (χ0v) is 17.2. The van der Waals surface area contributed by atoms with Crippen LogP contribution in [0.5, 0.6) is 0 Å². The van der Waals surface area contributed by atoms with Crippen LogP contribution in [0.1, 0.15) is 40.9 Å². The van der Waals surface area contributed by atoms with Crippen LogP contribution in [0, 0.1) is 12.3 Å². The number of benzene rings is 1. The number of pyridine rings is 1. The second-order valence-corrected chi connectivity index (χ2v) is 7.66. The zero-order chi connectivity index (χ0) is 21.7. The molecule has 1 aromatic carbocycles. The number of nitrogen functional groups attached to an aromatic ring is 1. The molecule has 154 valence electrons. The van der Waals surface area contributed by atoms with Crippen molar-refractivity contribution in [2.24, 2.45) is 0 Å². The molecule has 5 N–H and O–H groups in total. The van der Waals surface area contributed by atoms with Gasteiger partial charge in [-0.25, -0.2) is 9.97 Å². The van der Waals surface area contributed by atoms with Crippen LogP contribution in [-0.4, -0.2) is 38.7 Å². The molecule has 0 bridgehead atoms. The molecule has 0 fully saturated rings. The summed E-state index contributed by atoms with van der Waals surface area (Å²) in [7, 11) is 0. The molecule has 0 saturated heterocycles. The van der Waals surface area contributed by atoms with Gasteiger partial charge in [-0.05, 0) is 32.9 Å². The normalized spacial score (nSPS) is 11.0. The van der Waals surface area contributed by atoms with Crippen molar-refractivity contribution in [2.45, 2.75) is 26.3 Å². The number of carbonyl (C=O) groups excluding carboxylic acids is 1. The Hall–Kier alpha value is -3.81. The summed E-state index contributed by atoms with van der Waals surface area (Å²) in [5.74, 6) is 0.440. The second kappa shape index (κ2) is 8.69. The van der Waals surface area contributed by atoms with E-state index in [0.717, 1.165) is 5.56 Å². The van der Waals surface area contributed by atoms with E-state index in [1.54, 1.807) is 18.3 Å². The van der Waals surface area contributed by atoms with Gasteiger partial charge in [0, 0.05) is 24.5 Å². The first-order chi connectivity index (χ1) is 14.3. The minimum atomic E-state index is -0.568. The number of nitrogens with one attached hydrogen (secondary N) is 3. The van der Waals surface area contributed by atoms with Gasteiger partial charge < -0.3 is 16.4 Å². The number of anilines is 2. The summed E-state index contributed by atoms with van der Waals surface area (Å²) in [6, 6.07) is 11.0. The molecule has 0 atom stereocenters. The van der Waals surface area contributed by atoms with Crippen molar-refractivity contribution in [3.8, 4) is 0 Å². The fourth-order valence-corrected chi connectivity index (χ4v) is 2.87. The lowest BCUT2D eigenvalue weighted by Crippen LogP contribution is -2.44. The van der Waals surface area contributed by atoms with Crippen LogP contribution in [0.4, 0.5) is 11.6 Å². The molecule has 0 spiro atoms. The molecule has 3 rings (SSSR count). The second-order valence-electron chi connectivity index (χ2n) is 7.66. The predicted molar refractivity (Wildman–Crippen MR) is 118 cm³/mol. The van der Waals surface area contributed by atoms with E-state index in [-0.39, 0.29) is 17.4 Å². The molecular weight excluding hydrogens is 378 g/mol. The molecule has 0 saturated carbocycles. The topological polar surface area (TPSA) is 130 Å². The number of hydrogen-bond acceptors (Lipinski definition) is 7. The molecule has 1 amide bonds. The van der Waals surface area contributed by atoms with Crippen LogP contribution < -0.4 is 16.4 Å². The van der Waals surface area contributed by atoms with Gasteiger partial charge in [-0.3, -0.25) is 15.2 Å². The standard InChI is InChI=1S/C22H25N7O/c1-14-6-8-15(9-7-14)18(23)17-19(24)27-13-28-20(17)29-22(2,3)12-26-21(30)16-5-4-10-25-11-16/h4-11,13,23H,12H2,1-3H3,(H,26,30)(H3,24,27,28,29). The molecule has 0 unspecified atom stereocenters. The zero-order valence-electron chi connectivity index (χ0n) is 17.2. The van der Waals surface area contributed by atoms with Crippen LogP contribution in [0.15, 0.2) is 55.1 Å². The maximum atomic E-state index is 12.3. The lowest BCUT2D eigenvalue weighted by Gasteiger charge is -2.28. The Morgan fingerprint density at radius 3 is 2.53 bits per heavy atom. The smallest absolute Gasteiger partial charge is 0.252 e. The predicted octanol–water partition coefficient (Wildman–Crippen LogP) is 2.80. The van der Waals surface area contributed by atoms with E-state index in [0.29, 0.717) is 29.1 Å². The van der Waals surface area contributed by atoms with E-state index >= 15 is 0 Å². The van der Waals surface area contributed by atoms with Gasteiger partial charge >= 0.3 is 0 Å². The average molecular weight is 403 g/mol. The lowest BCUT2D eigenvalue weighted by atomic mass is 10.00. The maximum Gasteiger partial charge on any atom is 0.252 e. The van der Waals surface area contributed by atoms with E-state index in [1.165, 1.54) is 12.5 Å². The Morgan fingerprint density at radius 2 is 1.87 bits per heavy atom. The van der Waals surface area contributed by atoms with Crippen molar-refractivity contribution in [3.63, 3.8) is 0 Å². The van der Waals surface area contributed by atoms with E-state index in [2.05, 4.69) is 25.6 Å². The van der Waals surface area contributed by atoms with Crippen LogP contribution >= 0.6 is 0 Å². The molecule has 0 aliphatic heterocycles. The Morgan fingerprint density at radius 1 is 1.13 bits per heavy atom. The number of rotatable bonds is 7. The third kappa shape index (κ3) is 4.96. The molecule has 2 aromatic heterocycles. The number of aromatic nitrogens is 3. The molecule has 2 heterocycles. The fraction of sp³-hybridized carbons (Fsp3) is 0.227. The Labute approximate surface area is 175 Å². The van der Waals surface area contributed by atoms with Crippen molar-refractivity contribution in [1.29, 1.82) is 5.41 Å². The van der Waals surface area contributed by atoms with Crippen molar-refractivity contribution in [3.05, 3.63) is 77.4 Å². The van der Waals surface area contributed by atoms with E-state index < -0.39 is 5.54 Å². The molecule has 30 heavy (non-hydrogen) atoms. The number of hydrogen-bond donors (Lipinski definition) is 4. The van der Waals surface area contributed by atoms with E-state index in [1.807, 2.05) is 45.0 Å². The minimum Gasteiger partial charge on any atom is -0.383 e. The molecule has 8 nitrogen and oxygen atoms in total. The molecule has 0 radical (unpaired) electrons. The number of amides is 1. The summed E-state index contributed by atoms with van der Waals surface area (Å²) in [6.07, 6.45) is 4.49. The summed E-state index contributed by atoms with van der Waals surface area (Å²) in [5.41, 5.74) is 8.49. The van der Waals surface area contributed by atoms with Crippen molar-refractivity contribution in [2.75, 3.05) is 17.6 Å². The third-order valence-electron chi connectivity index (χ3n) is 4.54. The monoisotopic (exact) mass is 403 g/mol. The van der Waals surface area contributed by atoms with E-state index in [9.17, 15) is 4.79 Å². The van der Waals surface area contributed by atoms with Gasteiger partial charge in [0.15, 0.2) is 0 Å². The Bertz CT molecular complexity index is 1050. The summed E-state index contributed by atoms with van der Waals surface area (Å²) in [4.78, 5) is 24.7. The van der Waals surface area contributed by atoms with E-state index in [4.69, 9.17) is 11.1 Å². The molecular formula is C22H25N7O. The van der Waals surface area contributed by atoms with Crippen molar-refractivity contribution >= 4 is 23.3 Å².